The molecule has 0 saturated heterocycles. The summed E-state index contributed by atoms with van der Waals surface area (Å²) in [5.74, 6) is -0.480. The maximum absolute atomic E-state index is 11.3. The van der Waals surface area contributed by atoms with Gasteiger partial charge in [-0.05, 0) is 24.6 Å². The van der Waals surface area contributed by atoms with E-state index in [-0.39, 0.29) is 0 Å². The van der Waals surface area contributed by atoms with Crippen molar-refractivity contribution in [3.63, 3.8) is 0 Å². The number of nitrogens with two attached hydrogens (primary N) is 1. The van der Waals surface area contributed by atoms with E-state index >= 15 is 0 Å². The Balaban J connectivity index is 2.63. The highest BCUT2D eigenvalue weighted by atomic mass is 16.1. The second-order valence-corrected chi connectivity index (χ2v) is 3.48. The Hall–Kier alpha value is -2.23. The van der Waals surface area contributed by atoms with E-state index in [1.54, 1.807) is 12.4 Å². The predicted octanol–water partition coefficient (Wildman–Crippen LogP) is 1.55. The minimum absolute atomic E-state index is 0.415. The molecule has 2 N–H and O–H groups in total. The maximum atomic E-state index is 11.3. The van der Waals surface area contributed by atoms with Crippen LogP contribution in [0.4, 0.5) is 0 Å². The molecule has 0 unspecified atom stereocenters. The number of nitrogens with zero attached hydrogens (tertiary/aromatic N) is 2. The fraction of sp³-hybridized carbons (Fsp3) is 0.0833. The molecule has 0 aromatic carbocycles. The van der Waals surface area contributed by atoms with Crippen LogP contribution in [0.1, 0.15) is 16.1 Å². The van der Waals surface area contributed by atoms with Gasteiger partial charge in [0.2, 0.25) is 0 Å². The van der Waals surface area contributed by atoms with Gasteiger partial charge >= 0.3 is 0 Å². The van der Waals surface area contributed by atoms with Crippen molar-refractivity contribution in [3.8, 4) is 11.1 Å². The van der Waals surface area contributed by atoms with Gasteiger partial charge in [0.15, 0.2) is 0 Å². The van der Waals surface area contributed by atoms with Gasteiger partial charge in [0.25, 0.3) is 5.91 Å². The van der Waals surface area contributed by atoms with Crippen LogP contribution in [0.5, 0.6) is 0 Å². The Morgan fingerprint density at radius 2 is 2.19 bits per heavy atom. The Bertz CT molecular complexity index is 523. The second kappa shape index (κ2) is 4.10. The fourth-order valence-corrected chi connectivity index (χ4v) is 1.52. The zero-order valence-electron chi connectivity index (χ0n) is 8.84. The molecule has 1 amide bonds. The Labute approximate surface area is 93.2 Å². The molecule has 0 atom stereocenters. The van der Waals surface area contributed by atoms with Gasteiger partial charge in [0, 0.05) is 29.8 Å². The quantitative estimate of drug-likeness (QED) is 0.822. The van der Waals surface area contributed by atoms with Crippen LogP contribution < -0.4 is 5.73 Å². The Morgan fingerprint density at radius 3 is 2.81 bits per heavy atom. The summed E-state index contributed by atoms with van der Waals surface area (Å²) < 4.78 is 0. The average molecular weight is 213 g/mol. The lowest BCUT2D eigenvalue weighted by Crippen LogP contribution is -2.13. The fourth-order valence-electron chi connectivity index (χ4n) is 1.52. The zero-order valence-corrected chi connectivity index (χ0v) is 8.84. The third-order valence-corrected chi connectivity index (χ3v) is 2.28. The van der Waals surface area contributed by atoms with Crippen LogP contribution in [0, 0.1) is 6.92 Å². The van der Waals surface area contributed by atoms with Crippen LogP contribution >= 0.6 is 0 Å². The van der Waals surface area contributed by atoms with E-state index in [0.29, 0.717) is 5.56 Å². The van der Waals surface area contributed by atoms with Crippen molar-refractivity contribution in [2.45, 2.75) is 6.92 Å². The zero-order chi connectivity index (χ0) is 11.5. The average Bonchev–Trinajstić information content (AvgIpc) is 2.29. The van der Waals surface area contributed by atoms with Crippen LogP contribution in [0.3, 0.4) is 0 Å². The summed E-state index contributed by atoms with van der Waals surface area (Å²) in [7, 11) is 0. The molecular formula is C12H11N3O. The van der Waals surface area contributed by atoms with Gasteiger partial charge in [-0.1, -0.05) is 6.07 Å². The van der Waals surface area contributed by atoms with E-state index in [2.05, 4.69) is 9.97 Å². The molecule has 0 fully saturated rings. The van der Waals surface area contributed by atoms with Gasteiger partial charge in [0.05, 0.1) is 5.56 Å². The summed E-state index contributed by atoms with van der Waals surface area (Å²) >= 11 is 0. The van der Waals surface area contributed by atoms with E-state index in [9.17, 15) is 4.79 Å². The standard InChI is InChI=1S/C12H11N3O/c1-8-5-10(9-3-2-4-14-6-9)11(7-15-8)12(13)16/h2-7H,1H3,(H2,13,16). The number of pyridine rings is 2. The number of primary amides is 1. The first-order valence-electron chi connectivity index (χ1n) is 4.85. The predicted molar refractivity (Wildman–Crippen MR) is 60.7 cm³/mol. The van der Waals surface area contributed by atoms with Crippen LogP contribution in [-0.4, -0.2) is 15.9 Å². The molecule has 2 aromatic rings. The number of rotatable bonds is 2. The van der Waals surface area contributed by atoms with Crippen molar-refractivity contribution in [2.24, 2.45) is 5.73 Å². The topological polar surface area (TPSA) is 68.9 Å². The SMILES string of the molecule is Cc1cc(-c2cccnc2)c(C(N)=O)cn1. The third kappa shape index (κ3) is 1.91. The molecule has 0 spiro atoms. The van der Waals surface area contributed by atoms with E-state index in [1.165, 1.54) is 6.20 Å². The van der Waals surface area contributed by atoms with Crippen molar-refractivity contribution in [1.82, 2.24) is 9.97 Å². The largest absolute Gasteiger partial charge is 0.366 e. The van der Waals surface area contributed by atoms with Crippen LogP contribution in [0.25, 0.3) is 11.1 Å². The lowest BCUT2D eigenvalue weighted by molar-refractivity contribution is 0.100. The lowest BCUT2D eigenvalue weighted by atomic mass is 10.0. The molecule has 2 aromatic heterocycles. The van der Waals surface area contributed by atoms with Crippen molar-refractivity contribution in [3.05, 3.63) is 48.0 Å². The first kappa shape index (κ1) is 10.3. The number of hydrogen-bond acceptors (Lipinski definition) is 3. The van der Waals surface area contributed by atoms with Gasteiger partial charge in [-0.2, -0.15) is 0 Å². The third-order valence-electron chi connectivity index (χ3n) is 2.28. The van der Waals surface area contributed by atoms with Crippen LogP contribution in [0.15, 0.2) is 36.8 Å². The molecule has 0 aliphatic rings. The molecule has 0 aliphatic heterocycles. The number of aromatic nitrogens is 2. The normalized spacial score (nSPS) is 10.1. The maximum Gasteiger partial charge on any atom is 0.250 e. The summed E-state index contributed by atoms with van der Waals surface area (Å²) in [6, 6.07) is 5.53. The number of aryl methyl sites for hydroxylation is 1. The molecule has 0 radical (unpaired) electrons. The minimum Gasteiger partial charge on any atom is -0.366 e. The van der Waals surface area contributed by atoms with Gasteiger partial charge in [-0.25, -0.2) is 0 Å². The summed E-state index contributed by atoms with van der Waals surface area (Å²) in [6.45, 7) is 1.87. The minimum atomic E-state index is -0.480. The van der Waals surface area contributed by atoms with Crippen LogP contribution in [0.2, 0.25) is 0 Å². The molecule has 0 aliphatic carbocycles. The number of amides is 1. The Morgan fingerprint density at radius 1 is 1.38 bits per heavy atom. The van der Waals surface area contributed by atoms with E-state index < -0.39 is 5.91 Å². The summed E-state index contributed by atoms with van der Waals surface area (Å²) in [5.41, 5.74) is 8.19. The van der Waals surface area contributed by atoms with E-state index in [0.717, 1.165) is 16.8 Å². The van der Waals surface area contributed by atoms with E-state index in [4.69, 9.17) is 5.73 Å². The first-order valence-corrected chi connectivity index (χ1v) is 4.85. The highest BCUT2D eigenvalue weighted by Crippen LogP contribution is 2.22. The smallest absolute Gasteiger partial charge is 0.250 e. The molecule has 0 saturated carbocycles. The first-order chi connectivity index (χ1) is 7.68. The van der Waals surface area contributed by atoms with E-state index in [1.807, 2.05) is 25.1 Å². The molecular weight excluding hydrogens is 202 g/mol. The van der Waals surface area contributed by atoms with Crippen molar-refractivity contribution < 1.29 is 4.79 Å². The summed E-state index contributed by atoms with van der Waals surface area (Å²) in [5, 5.41) is 0. The van der Waals surface area contributed by atoms with Crippen molar-refractivity contribution in [2.75, 3.05) is 0 Å². The van der Waals surface area contributed by atoms with Crippen LogP contribution in [-0.2, 0) is 0 Å². The molecule has 2 rings (SSSR count). The number of hydrogen-bond donors (Lipinski definition) is 1. The molecule has 2 heterocycles. The lowest BCUT2D eigenvalue weighted by Gasteiger charge is -2.06. The number of carbonyl (C=O) groups is 1. The van der Waals surface area contributed by atoms with Gasteiger partial charge in [0.1, 0.15) is 0 Å². The summed E-state index contributed by atoms with van der Waals surface area (Å²) in [6.07, 6.45) is 4.88. The molecule has 4 heteroatoms. The summed E-state index contributed by atoms with van der Waals surface area (Å²) in [4.78, 5) is 19.4. The van der Waals surface area contributed by atoms with Gasteiger partial charge in [-0.15, -0.1) is 0 Å². The molecule has 80 valence electrons. The highest BCUT2D eigenvalue weighted by Gasteiger charge is 2.10. The molecule has 0 bridgehead atoms. The molecule has 4 nitrogen and oxygen atoms in total. The number of carbonyl (C=O) groups excluding carboxylic acids is 1. The van der Waals surface area contributed by atoms with Gasteiger partial charge < -0.3 is 5.73 Å². The monoisotopic (exact) mass is 213 g/mol. The van der Waals surface area contributed by atoms with Crippen molar-refractivity contribution in [1.29, 1.82) is 0 Å². The molecule has 16 heavy (non-hydrogen) atoms. The van der Waals surface area contributed by atoms with Crippen molar-refractivity contribution >= 4 is 5.91 Å². The second-order valence-electron chi connectivity index (χ2n) is 3.48. The Kier molecular flexibility index (Phi) is 2.64. The highest BCUT2D eigenvalue weighted by molar-refractivity contribution is 5.99. The van der Waals surface area contributed by atoms with Gasteiger partial charge in [-0.3, -0.25) is 14.8 Å².